The van der Waals surface area contributed by atoms with E-state index in [4.69, 9.17) is 9.15 Å². The van der Waals surface area contributed by atoms with Crippen LogP contribution in [0.5, 0.6) is 0 Å². The molecular weight excluding hydrogens is 272 g/mol. The number of carbonyl (C=O) groups is 2. The Morgan fingerprint density at radius 1 is 1.33 bits per heavy atom. The third-order valence-electron chi connectivity index (χ3n) is 3.27. The lowest BCUT2D eigenvalue weighted by Gasteiger charge is -2.39. The molecule has 2 rings (SSSR count). The molecule has 0 radical (unpaired) electrons. The Morgan fingerprint density at radius 2 is 2.05 bits per heavy atom. The summed E-state index contributed by atoms with van der Waals surface area (Å²) in [6.45, 7) is 8.83. The first-order chi connectivity index (χ1) is 9.78. The molecule has 6 nitrogen and oxygen atoms in total. The van der Waals surface area contributed by atoms with Crippen molar-refractivity contribution in [3.63, 3.8) is 0 Å². The normalized spacial score (nSPS) is 19.5. The van der Waals surface area contributed by atoms with E-state index in [1.165, 1.54) is 6.26 Å². The molecule has 2 amide bonds. The fourth-order valence-electron chi connectivity index (χ4n) is 2.29. The molecule has 0 saturated carbocycles. The number of nitrogens with zero attached hydrogens (tertiary/aromatic N) is 2. The molecule has 1 unspecified atom stereocenters. The Morgan fingerprint density at radius 3 is 2.57 bits per heavy atom. The van der Waals surface area contributed by atoms with Gasteiger partial charge in [0.2, 0.25) is 0 Å². The minimum Gasteiger partial charge on any atom is -0.459 e. The van der Waals surface area contributed by atoms with Crippen molar-refractivity contribution in [1.82, 2.24) is 9.80 Å². The second-order valence-corrected chi connectivity index (χ2v) is 6.25. The number of hydrogen-bond acceptors (Lipinski definition) is 4. The van der Waals surface area contributed by atoms with Gasteiger partial charge >= 0.3 is 6.09 Å². The lowest BCUT2D eigenvalue weighted by atomic mass is 10.2. The number of carbonyl (C=O) groups excluding carboxylic acids is 2. The summed E-state index contributed by atoms with van der Waals surface area (Å²) in [6.07, 6.45) is 1.15. The quantitative estimate of drug-likeness (QED) is 0.797. The van der Waals surface area contributed by atoms with Crippen LogP contribution in [0.2, 0.25) is 0 Å². The Labute approximate surface area is 124 Å². The summed E-state index contributed by atoms with van der Waals surface area (Å²) in [6, 6.07) is 3.24. The summed E-state index contributed by atoms with van der Waals surface area (Å²) in [5, 5.41) is 0. The van der Waals surface area contributed by atoms with Crippen molar-refractivity contribution in [2.45, 2.75) is 39.3 Å². The predicted molar refractivity (Wildman–Crippen MR) is 77.0 cm³/mol. The molecule has 6 heteroatoms. The predicted octanol–water partition coefficient (Wildman–Crippen LogP) is 2.36. The van der Waals surface area contributed by atoms with E-state index < -0.39 is 5.60 Å². The summed E-state index contributed by atoms with van der Waals surface area (Å²) in [5.74, 6) is 0.184. The van der Waals surface area contributed by atoms with Gasteiger partial charge < -0.3 is 19.0 Å². The van der Waals surface area contributed by atoms with Crippen LogP contribution in [0.1, 0.15) is 38.2 Å². The highest BCUT2D eigenvalue weighted by Gasteiger charge is 2.33. The number of rotatable bonds is 1. The molecule has 1 aliphatic rings. The van der Waals surface area contributed by atoms with Crippen molar-refractivity contribution in [2.24, 2.45) is 0 Å². The number of amides is 2. The highest BCUT2D eigenvalue weighted by Crippen LogP contribution is 2.17. The Balaban J connectivity index is 1.96. The van der Waals surface area contributed by atoms with Crippen molar-refractivity contribution >= 4 is 12.0 Å². The molecule has 1 fully saturated rings. The Bertz CT molecular complexity index is 504. The van der Waals surface area contributed by atoms with Gasteiger partial charge in [-0.25, -0.2) is 4.79 Å². The molecule has 1 aromatic rings. The number of piperazine rings is 1. The zero-order valence-electron chi connectivity index (χ0n) is 13.0. The maximum atomic E-state index is 12.2. The van der Waals surface area contributed by atoms with E-state index in [0.717, 1.165) is 0 Å². The lowest BCUT2D eigenvalue weighted by molar-refractivity contribution is 0.00156. The molecule has 1 aliphatic heterocycles. The third-order valence-corrected chi connectivity index (χ3v) is 3.27. The van der Waals surface area contributed by atoms with Gasteiger partial charge in [-0.15, -0.1) is 0 Å². The van der Waals surface area contributed by atoms with Crippen LogP contribution in [0.25, 0.3) is 0 Å². The van der Waals surface area contributed by atoms with Gasteiger partial charge in [0.15, 0.2) is 5.76 Å². The smallest absolute Gasteiger partial charge is 0.410 e. The van der Waals surface area contributed by atoms with Gasteiger partial charge in [0.1, 0.15) is 5.60 Å². The highest BCUT2D eigenvalue weighted by atomic mass is 16.6. The summed E-state index contributed by atoms with van der Waals surface area (Å²) >= 11 is 0. The molecule has 1 atom stereocenters. The van der Waals surface area contributed by atoms with Crippen LogP contribution < -0.4 is 0 Å². The molecule has 21 heavy (non-hydrogen) atoms. The minimum absolute atomic E-state index is 0.0903. The largest absolute Gasteiger partial charge is 0.459 e. The third kappa shape index (κ3) is 3.77. The van der Waals surface area contributed by atoms with Gasteiger partial charge in [-0.1, -0.05) is 0 Å². The van der Waals surface area contributed by atoms with E-state index in [-0.39, 0.29) is 18.0 Å². The molecule has 2 heterocycles. The minimum atomic E-state index is -0.516. The van der Waals surface area contributed by atoms with Crippen molar-refractivity contribution in [3.05, 3.63) is 24.2 Å². The molecule has 0 aromatic carbocycles. The van der Waals surface area contributed by atoms with Crippen LogP contribution >= 0.6 is 0 Å². The van der Waals surface area contributed by atoms with Gasteiger partial charge in [-0.05, 0) is 39.8 Å². The number of ether oxygens (including phenoxy) is 1. The summed E-state index contributed by atoms with van der Waals surface area (Å²) in [4.78, 5) is 27.7. The first-order valence-corrected chi connectivity index (χ1v) is 7.10. The SMILES string of the molecule is CC1CN(C(=O)c2ccco2)CCN1C(=O)OC(C)(C)C. The van der Waals surface area contributed by atoms with Crippen LogP contribution in [0.4, 0.5) is 4.79 Å². The van der Waals surface area contributed by atoms with Crippen LogP contribution in [0.3, 0.4) is 0 Å². The van der Waals surface area contributed by atoms with Crippen molar-refractivity contribution in [1.29, 1.82) is 0 Å². The van der Waals surface area contributed by atoms with Crippen molar-refractivity contribution < 1.29 is 18.7 Å². The second kappa shape index (κ2) is 5.79. The molecule has 1 saturated heterocycles. The van der Waals surface area contributed by atoms with Crippen molar-refractivity contribution in [3.8, 4) is 0 Å². The topological polar surface area (TPSA) is 63.0 Å². The lowest BCUT2D eigenvalue weighted by Crippen LogP contribution is -2.56. The van der Waals surface area contributed by atoms with Gasteiger partial charge in [-0.3, -0.25) is 4.79 Å². The Kier molecular flexibility index (Phi) is 4.25. The van der Waals surface area contributed by atoms with Crippen LogP contribution in [-0.2, 0) is 4.74 Å². The van der Waals surface area contributed by atoms with E-state index in [2.05, 4.69) is 0 Å². The summed E-state index contributed by atoms with van der Waals surface area (Å²) < 4.78 is 10.5. The second-order valence-electron chi connectivity index (χ2n) is 6.25. The van der Waals surface area contributed by atoms with Gasteiger partial charge in [0.25, 0.3) is 5.91 Å². The summed E-state index contributed by atoms with van der Waals surface area (Å²) in [7, 11) is 0. The fourth-order valence-corrected chi connectivity index (χ4v) is 2.29. The van der Waals surface area contributed by atoms with Gasteiger partial charge in [0.05, 0.1) is 6.26 Å². The monoisotopic (exact) mass is 294 g/mol. The molecule has 0 N–H and O–H groups in total. The average molecular weight is 294 g/mol. The van der Waals surface area contributed by atoms with E-state index in [1.807, 2.05) is 27.7 Å². The molecule has 0 spiro atoms. The van der Waals surface area contributed by atoms with Crippen LogP contribution in [-0.4, -0.2) is 53.1 Å². The maximum absolute atomic E-state index is 12.2. The average Bonchev–Trinajstić information content (AvgIpc) is 2.89. The van der Waals surface area contributed by atoms with Crippen molar-refractivity contribution in [2.75, 3.05) is 19.6 Å². The van der Waals surface area contributed by atoms with E-state index in [9.17, 15) is 9.59 Å². The first kappa shape index (κ1) is 15.4. The Hall–Kier alpha value is -1.98. The van der Waals surface area contributed by atoms with Gasteiger partial charge in [-0.2, -0.15) is 0 Å². The number of furan rings is 1. The van der Waals surface area contributed by atoms with E-state index in [1.54, 1.807) is 21.9 Å². The highest BCUT2D eigenvalue weighted by molar-refractivity contribution is 5.91. The molecule has 1 aromatic heterocycles. The molecule has 116 valence electrons. The zero-order valence-corrected chi connectivity index (χ0v) is 13.0. The molecule has 0 bridgehead atoms. The number of hydrogen-bond donors (Lipinski definition) is 0. The van der Waals surface area contributed by atoms with E-state index in [0.29, 0.717) is 25.4 Å². The summed E-state index contributed by atoms with van der Waals surface area (Å²) in [5.41, 5.74) is -0.516. The van der Waals surface area contributed by atoms with Gasteiger partial charge in [0, 0.05) is 25.7 Å². The fraction of sp³-hybridized carbons (Fsp3) is 0.600. The molecule has 0 aliphatic carbocycles. The first-order valence-electron chi connectivity index (χ1n) is 7.10. The van der Waals surface area contributed by atoms with E-state index >= 15 is 0 Å². The standard InChI is InChI=1S/C15H22N2O4/c1-11-10-16(13(18)12-6-5-9-20-12)7-8-17(11)14(19)21-15(2,3)4/h5-6,9,11H,7-8,10H2,1-4H3. The van der Waals surface area contributed by atoms with Crippen LogP contribution in [0.15, 0.2) is 22.8 Å². The van der Waals surface area contributed by atoms with Crippen LogP contribution in [0, 0.1) is 0 Å². The zero-order chi connectivity index (χ0) is 15.6. The molecular formula is C15H22N2O4. The maximum Gasteiger partial charge on any atom is 0.410 e.